The number of hydrogen-bond acceptors (Lipinski definition) is 6. The van der Waals surface area contributed by atoms with Crippen LogP contribution in [0.5, 0.6) is 0 Å². The minimum atomic E-state index is -0.518. The Balaban J connectivity index is 1.80. The van der Waals surface area contributed by atoms with Crippen molar-refractivity contribution in [2.24, 2.45) is 0 Å². The fourth-order valence-corrected chi connectivity index (χ4v) is 3.41. The molecule has 3 rings (SSSR count). The van der Waals surface area contributed by atoms with Gasteiger partial charge in [-0.25, -0.2) is 19.6 Å². The first-order chi connectivity index (χ1) is 12.5. The summed E-state index contributed by atoms with van der Waals surface area (Å²) >= 11 is 0. The molecule has 1 aromatic rings. The highest BCUT2D eigenvalue weighted by atomic mass is 16.6. The third-order valence-electron chi connectivity index (χ3n) is 4.67. The molecular weight excluding hydrogens is 348 g/mol. The number of nitrogens with zero attached hydrogens (tertiary/aromatic N) is 4. The largest absolute Gasteiger partial charge is 0.447 e. The summed E-state index contributed by atoms with van der Waals surface area (Å²) in [7, 11) is 0. The van der Waals surface area contributed by atoms with E-state index in [4.69, 9.17) is 9.47 Å². The van der Waals surface area contributed by atoms with Crippen molar-refractivity contribution in [1.82, 2.24) is 14.9 Å². The second-order valence-corrected chi connectivity index (χ2v) is 8.81. The van der Waals surface area contributed by atoms with Gasteiger partial charge in [0.2, 0.25) is 0 Å². The Kier molecular flexibility index (Phi) is 4.78. The van der Waals surface area contributed by atoms with Crippen molar-refractivity contribution in [3.05, 3.63) is 17.6 Å². The molecule has 0 aromatic carbocycles. The first-order valence-corrected chi connectivity index (χ1v) is 9.27. The third-order valence-corrected chi connectivity index (χ3v) is 4.67. The molecule has 1 aromatic heterocycles. The standard InChI is InChI=1S/C19H28N4O4/c1-12-20-14(9-15(21-12)23-17(25)26-11-19(23,5)6)13-7-8-22(10-13)16(24)27-18(2,3)4/h9,13H,7-8,10-11H2,1-6H3/t13-/m0/s1. The van der Waals surface area contributed by atoms with E-state index in [1.165, 1.54) is 0 Å². The van der Waals surface area contributed by atoms with Crippen molar-refractivity contribution in [2.75, 3.05) is 24.6 Å². The molecule has 2 saturated heterocycles. The molecule has 0 unspecified atom stereocenters. The predicted octanol–water partition coefficient (Wildman–Crippen LogP) is 3.24. The van der Waals surface area contributed by atoms with Crippen LogP contribution in [-0.2, 0) is 9.47 Å². The molecule has 0 bridgehead atoms. The van der Waals surface area contributed by atoms with E-state index in [1.54, 1.807) is 9.80 Å². The van der Waals surface area contributed by atoms with Gasteiger partial charge in [0, 0.05) is 25.1 Å². The molecular formula is C19H28N4O4. The number of amides is 2. The van der Waals surface area contributed by atoms with Gasteiger partial charge in [-0.15, -0.1) is 0 Å². The van der Waals surface area contributed by atoms with Gasteiger partial charge in [-0.2, -0.15) is 0 Å². The van der Waals surface area contributed by atoms with Gasteiger partial charge in [-0.1, -0.05) is 0 Å². The van der Waals surface area contributed by atoms with Crippen LogP contribution in [0.3, 0.4) is 0 Å². The minimum absolute atomic E-state index is 0.0831. The van der Waals surface area contributed by atoms with Crippen LogP contribution < -0.4 is 4.90 Å². The second kappa shape index (κ2) is 6.65. The average Bonchev–Trinajstić information content (AvgIpc) is 3.10. The fraction of sp³-hybridized carbons (Fsp3) is 0.684. The lowest BCUT2D eigenvalue weighted by Gasteiger charge is -2.27. The van der Waals surface area contributed by atoms with E-state index in [2.05, 4.69) is 9.97 Å². The van der Waals surface area contributed by atoms with Crippen LogP contribution in [0.4, 0.5) is 15.4 Å². The number of likely N-dealkylation sites (tertiary alicyclic amines) is 1. The highest BCUT2D eigenvalue weighted by Crippen LogP contribution is 2.33. The zero-order valence-corrected chi connectivity index (χ0v) is 16.9. The average molecular weight is 376 g/mol. The normalized spacial score (nSPS) is 22.1. The smallest absolute Gasteiger partial charge is 0.416 e. The Labute approximate surface area is 159 Å². The zero-order chi connectivity index (χ0) is 20.0. The number of carbonyl (C=O) groups is 2. The number of rotatable bonds is 2. The molecule has 2 aliphatic heterocycles. The Morgan fingerprint density at radius 2 is 2.04 bits per heavy atom. The van der Waals surface area contributed by atoms with E-state index in [0.717, 1.165) is 12.1 Å². The molecule has 3 heterocycles. The molecule has 0 aliphatic carbocycles. The van der Waals surface area contributed by atoms with Crippen LogP contribution in [0.25, 0.3) is 0 Å². The van der Waals surface area contributed by atoms with Crippen molar-refractivity contribution in [3.63, 3.8) is 0 Å². The van der Waals surface area contributed by atoms with Crippen LogP contribution in [0.1, 0.15) is 58.5 Å². The lowest BCUT2D eigenvalue weighted by molar-refractivity contribution is 0.0292. The van der Waals surface area contributed by atoms with Gasteiger partial charge >= 0.3 is 12.2 Å². The summed E-state index contributed by atoms with van der Waals surface area (Å²) in [5, 5.41) is 0. The van der Waals surface area contributed by atoms with Crippen LogP contribution in [0.2, 0.25) is 0 Å². The fourth-order valence-electron chi connectivity index (χ4n) is 3.41. The molecule has 2 fully saturated rings. The first-order valence-electron chi connectivity index (χ1n) is 9.27. The number of anilines is 1. The van der Waals surface area contributed by atoms with Crippen molar-refractivity contribution in [1.29, 1.82) is 0 Å². The molecule has 8 heteroatoms. The number of ether oxygens (including phenoxy) is 2. The third kappa shape index (κ3) is 4.14. The number of carbonyl (C=O) groups excluding carboxylic acids is 2. The molecule has 1 atom stereocenters. The van der Waals surface area contributed by atoms with Crippen LogP contribution in [0, 0.1) is 6.92 Å². The van der Waals surface area contributed by atoms with Crippen molar-refractivity contribution < 1.29 is 19.1 Å². The minimum Gasteiger partial charge on any atom is -0.447 e. The molecule has 8 nitrogen and oxygen atoms in total. The lowest BCUT2D eigenvalue weighted by atomic mass is 10.0. The highest BCUT2D eigenvalue weighted by Gasteiger charge is 2.42. The van der Waals surface area contributed by atoms with Gasteiger partial charge in [-0.05, 0) is 48.0 Å². The maximum absolute atomic E-state index is 12.3. The first kappa shape index (κ1) is 19.4. The quantitative estimate of drug-likeness (QED) is 0.788. The Morgan fingerprint density at radius 3 is 2.63 bits per heavy atom. The summed E-state index contributed by atoms with van der Waals surface area (Å²) in [6.07, 6.45) is 0.0919. The van der Waals surface area contributed by atoms with Gasteiger partial charge < -0.3 is 14.4 Å². The summed E-state index contributed by atoms with van der Waals surface area (Å²) in [4.78, 5) is 36.8. The molecule has 2 aliphatic rings. The summed E-state index contributed by atoms with van der Waals surface area (Å²) < 4.78 is 10.7. The molecule has 0 N–H and O–H groups in total. The molecule has 27 heavy (non-hydrogen) atoms. The molecule has 0 saturated carbocycles. The van der Waals surface area contributed by atoms with E-state index in [0.29, 0.717) is 31.3 Å². The van der Waals surface area contributed by atoms with E-state index in [9.17, 15) is 9.59 Å². The predicted molar refractivity (Wildman–Crippen MR) is 99.8 cm³/mol. The van der Waals surface area contributed by atoms with E-state index in [-0.39, 0.29) is 12.0 Å². The van der Waals surface area contributed by atoms with Crippen LogP contribution >= 0.6 is 0 Å². The maximum atomic E-state index is 12.3. The Bertz CT molecular complexity index is 757. The van der Waals surface area contributed by atoms with Crippen molar-refractivity contribution in [3.8, 4) is 0 Å². The van der Waals surface area contributed by atoms with Crippen molar-refractivity contribution in [2.45, 2.75) is 65.0 Å². The molecule has 0 spiro atoms. The monoisotopic (exact) mass is 376 g/mol. The second-order valence-electron chi connectivity index (χ2n) is 8.81. The summed E-state index contributed by atoms with van der Waals surface area (Å²) in [6, 6.07) is 1.84. The highest BCUT2D eigenvalue weighted by molar-refractivity contribution is 5.90. The topological polar surface area (TPSA) is 84.9 Å². The van der Waals surface area contributed by atoms with Gasteiger partial charge in [0.1, 0.15) is 23.9 Å². The van der Waals surface area contributed by atoms with Crippen molar-refractivity contribution >= 4 is 18.0 Å². The SMILES string of the molecule is Cc1nc([C@H]2CCN(C(=O)OC(C)(C)C)C2)cc(N2C(=O)OCC2(C)C)n1. The number of cyclic esters (lactones) is 1. The molecule has 2 amide bonds. The number of hydrogen-bond donors (Lipinski definition) is 0. The number of aryl methyl sites for hydroxylation is 1. The summed E-state index contributed by atoms with van der Waals surface area (Å²) in [5.41, 5.74) is -0.151. The van der Waals surface area contributed by atoms with Gasteiger partial charge in [-0.3, -0.25) is 4.90 Å². The van der Waals surface area contributed by atoms with E-state index >= 15 is 0 Å². The van der Waals surface area contributed by atoms with Gasteiger partial charge in [0.05, 0.1) is 11.2 Å². The maximum Gasteiger partial charge on any atom is 0.416 e. The van der Waals surface area contributed by atoms with Crippen LogP contribution in [0.15, 0.2) is 6.07 Å². The molecule has 0 radical (unpaired) electrons. The zero-order valence-electron chi connectivity index (χ0n) is 16.9. The van der Waals surface area contributed by atoms with Gasteiger partial charge in [0.25, 0.3) is 0 Å². The Morgan fingerprint density at radius 1 is 1.33 bits per heavy atom. The Hall–Kier alpha value is -2.38. The number of aromatic nitrogens is 2. The summed E-state index contributed by atoms with van der Waals surface area (Å²) in [5.74, 6) is 1.22. The van der Waals surface area contributed by atoms with Gasteiger partial charge in [0.15, 0.2) is 0 Å². The van der Waals surface area contributed by atoms with E-state index < -0.39 is 17.2 Å². The van der Waals surface area contributed by atoms with E-state index in [1.807, 2.05) is 47.6 Å². The lowest BCUT2D eigenvalue weighted by Crippen LogP contribution is -2.42. The summed E-state index contributed by atoms with van der Waals surface area (Å²) in [6.45, 7) is 12.7. The van der Waals surface area contributed by atoms with Crippen LogP contribution in [-0.4, -0.2) is 57.9 Å². The molecule has 148 valence electrons.